The Balaban J connectivity index is 2.63. The first kappa shape index (κ1) is 17.2. The molecule has 1 rings (SSSR count). The molecule has 0 spiro atoms. The maximum Gasteiger partial charge on any atom is 0.242 e. The summed E-state index contributed by atoms with van der Waals surface area (Å²) in [5, 5.41) is 10.1. The van der Waals surface area contributed by atoms with E-state index in [9.17, 15) is 5.11 Å². The third-order valence-corrected chi connectivity index (χ3v) is 3.99. The third-order valence-electron chi connectivity index (χ3n) is 3.14. The second-order valence-electron chi connectivity index (χ2n) is 6.85. The Morgan fingerprint density at radius 1 is 1.10 bits per heavy atom. The summed E-state index contributed by atoms with van der Waals surface area (Å²) in [7, 11) is -1.57. The van der Waals surface area contributed by atoms with Crippen molar-refractivity contribution in [1.82, 2.24) is 0 Å². The molecule has 0 amide bonds. The van der Waals surface area contributed by atoms with Crippen LogP contribution < -0.4 is 10.2 Å². The Morgan fingerprint density at radius 3 is 2.10 bits per heavy atom. The van der Waals surface area contributed by atoms with E-state index in [0.717, 1.165) is 24.2 Å². The van der Waals surface area contributed by atoms with Crippen LogP contribution in [0.25, 0.3) is 0 Å². The van der Waals surface area contributed by atoms with Gasteiger partial charge in [-0.25, -0.2) is 0 Å². The maximum absolute atomic E-state index is 10.1. The Labute approximate surface area is 124 Å². The molecule has 20 heavy (non-hydrogen) atoms. The second kappa shape index (κ2) is 7.25. The number of hydrogen-bond acceptors (Lipinski definition) is 3. The van der Waals surface area contributed by atoms with Crippen molar-refractivity contribution in [1.29, 1.82) is 0 Å². The van der Waals surface area contributed by atoms with Crippen molar-refractivity contribution < 1.29 is 9.53 Å². The van der Waals surface area contributed by atoms with E-state index in [1.807, 2.05) is 24.3 Å². The fraction of sp³-hybridized carbons (Fsp3) is 0.625. The largest absolute Gasteiger partial charge is 0.544 e. The molecule has 0 aliphatic rings. The van der Waals surface area contributed by atoms with E-state index < -0.39 is 14.4 Å². The van der Waals surface area contributed by atoms with Gasteiger partial charge in [0.2, 0.25) is 8.32 Å². The topological polar surface area (TPSA) is 55.5 Å². The standard InChI is InChI=1S/C16H29NO2Si/c1-12(2)6-11-15(18)16(17)13-7-9-14(10-8-13)19-20(3,4)5/h7-10,12,15-16,18H,6,11,17H2,1-5H3/t15-,16+/m0/s1. The van der Waals surface area contributed by atoms with Crippen LogP contribution >= 0.6 is 0 Å². The number of aliphatic hydroxyl groups excluding tert-OH is 1. The molecule has 0 aliphatic carbocycles. The van der Waals surface area contributed by atoms with Gasteiger partial charge in [0, 0.05) is 0 Å². The van der Waals surface area contributed by atoms with Crippen LogP contribution in [0.3, 0.4) is 0 Å². The van der Waals surface area contributed by atoms with Crippen molar-refractivity contribution in [3.05, 3.63) is 29.8 Å². The fourth-order valence-corrected chi connectivity index (χ4v) is 2.86. The molecule has 0 aromatic heterocycles. The molecule has 3 N–H and O–H groups in total. The zero-order chi connectivity index (χ0) is 15.3. The van der Waals surface area contributed by atoms with Crippen molar-refractivity contribution in [2.75, 3.05) is 0 Å². The highest BCUT2D eigenvalue weighted by atomic mass is 28.4. The highest BCUT2D eigenvalue weighted by Crippen LogP contribution is 2.23. The minimum atomic E-state index is -1.57. The molecular weight excluding hydrogens is 266 g/mol. The SMILES string of the molecule is CC(C)CC[C@H](O)[C@H](N)c1ccc(O[Si](C)(C)C)cc1. The normalized spacial score (nSPS) is 15.2. The third kappa shape index (κ3) is 6.07. The molecule has 0 saturated heterocycles. The zero-order valence-corrected chi connectivity index (χ0v) is 14.4. The number of rotatable bonds is 7. The van der Waals surface area contributed by atoms with Gasteiger partial charge in [-0.3, -0.25) is 0 Å². The lowest BCUT2D eigenvalue weighted by atomic mass is 9.96. The predicted octanol–water partition coefficient (Wildman–Crippen LogP) is 3.70. The monoisotopic (exact) mass is 295 g/mol. The average Bonchev–Trinajstić information content (AvgIpc) is 2.34. The molecule has 0 bridgehead atoms. The van der Waals surface area contributed by atoms with Crippen LogP contribution in [0.15, 0.2) is 24.3 Å². The summed E-state index contributed by atoms with van der Waals surface area (Å²) in [5.74, 6) is 1.47. The second-order valence-corrected chi connectivity index (χ2v) is 11.3. The van der Waals surface area contributed by atoms with E-state index in [4.69, 9.17) is 10.2 Å². The van der Waals surface area contributed by atoms with Gasteiger partial charge < -0.3 is 15.3 Å². The summed E-state index contributed by atoms with van der Waals surface area (Å²) in [6.07, 6.45) is 1.25. The van der Waals surface area contributed by atoms with Gasteiger partial charge in [0.15, 0.2) is 0 Å². The molecular formula is C16H29NO2Si. The van der Waals surface area contributed by atoms with Crippen LogP contribution in [-0.2, 0) is 0 Å². The molecule has 2 atom stereocenters. The summed E-state index contributed by atoms with van der Waals surface area (Å²) in [5.41, 5.74) is 7.08. The van der Waals surface area contributed by atoms with Crippen molar-refractivity contribution in [3.8, 4) is 5.75 Å². The van der Waals surface area contributed by atoms with Gasteiger partial charge in [-0.15, -0.1) is 0 Å². The molecule has 114 valence electrons. The van der Waals surface area contributed by atoms with E-state index in [-0.39, 0.29) is 6.04 Å². The Hall–Kier alpha value is -0.843. The van der Waals surface area contributed by atoms with Crippen molar-refractivity contribution in [3.63, 3.8) is 0 Å². The van der Waals surface area contributed by atoms with Crippen molar-refractivity contribution in [2.45, 2.75) is 58.5 Å². The van der Waals surface area contributed by atoms with Gasteiger partial charge in [-0.05, 0) is 56.1 Å². The van der Waals surface area contributed by atoms with Crippen LogP contribution in [0, 0.1) is 5.92 Å². The Morgan fingerprint density at radius 2 is 1.65 bits per heavy atom. The minimum Gasteiger partial charge on any atom is -0.544 e. The molecule has 3 nitrogen and oxygen atoms in total. The molecule has 0 saturated carbocycles. The first-order chi connectivity index (χ1) is 9.19. The zero-order valence-electron chi connectivity index (χ0n) is 13.4. The molecule has 1 aromatic carbocycles. The number of benzene rings is 1. The minimum absolute atomic E-state index is 0.324. The highest BCUT2D eigenvalue weighted by molar-refractivity contribution is 6.70. The quantitative estimate of drug-likeness (QED) is 0.754. The summed E-state index contributed by atoms with van der Waals surface area (Å²) in [4.78, 5) is 0. The number of aliphatic hydroxyl groups is 1. The van der Waals surface area contributed by atoms with E-state index in [1.54, 1.807) is 0 Å². The highest BCUT2D eigenvalue weighted by Gasteiger charge is 2.19. The summed E-state index contributed by atoms with van der Waals surface area (Å²) in [6, 6.07) is 7.48. The van der Waals surface area contributed by atoms with Crippen LogP contribution in [0.5, 0.6) is 5.75 Å². The van der Waals surface area contributed by atoms with E-state index in [0.29, 0.717) is 5.92 Å². The van der Waals surface area contributed by atoms with Gasteiger partial charge in [-0.2, -0.15) is 0 Å². The lowest BCUT2D eigenvalue weighted by Gasteiger charge is -2.22. The van der Waals surface area contributed by atoms with Crippen LogP contribution in [-0.4, -0.2) is 19.5 Å². The lowest BCUT2D eigenvalue weighted by Crippen LogP contribution is -2.29. The first-order valence-electron chi connectivity index (χ1n) is 7.41. The molecule has 0 radical (unpaired) electrons. The van der Waals surface area contributed by atoms with E-state index in [1.165, 1.54) is 0 Å². The lowest BCUT2D eigenvalue weighted by molar-refractivity contribution is 0.128. The van der Waals surface area contributed by atoms with Crippen LogP contribution in [0.2, 0.25) is 19.6 Å². The van der Waals surface area contributed by atoms with E-state index >= 15 is 0 Å². The predicted molar refractivity (Wildman–Crippen MR) is 87.4 cm³/mol. The summed E-state index contributed by atoms with van der Waals surface area (Å²) >= 11 is 0. The van der Waals surface area contributed by atoms with Gasteiger partial charge in [0.05, 0.1) is 12.1 Å². The van der Waals surface area contributed by atoms with Crippen LogP contribution in [0.4, 0.5) is 0 Å². The molecule has 4 heteroatoms. The molecule has 0 heterocycles. The van der Waals surface area contributed by atoms with Gasteiger partial charge in [-0.1, -0.05) is 26.0 Å². The van der Waals surface area contributed by atoms with Crippen molar-refractivity contribution >= 4 is 8.32 Å². The maximum atomic E-state index is 10.1. The summed E-state index contributed by atoms with van der Waals surface area (Å²) in [6.45, 7) is 10.8. The van der Waals surface area contributed by atoms with Gasteiger partial charge in [0.1, 0.15) is 5.75 Å². The molecule has 0 aliphatic heterocycles. The Bertz CT molecular complexity index is 398. The Kier molecular flexibility index (Phi) is 6.24. The number of nitrogens with two attached hydrogens (primary N) is 1. The van der Waals surface area contributed by atoms with Gasteiger partial charge >= 0.3 is 0 Å². The average molecular weight is 295 g/mol. The van der Waals surface area contributed by atoms with Gasteiger partial charge in [0.25, 0.3) is 0 Å². The van der Waals surface area contributed by atoms with Crippen LogP contribution in [0.1, 0.15) is 38.3 Å². The smallest absolute Gasteiger partial charge is 0.242 e. The molecule has 0 fully saturated rings. The van der Waals surface area contributed by atoms with Crippen molar-refractivity contribution in [2.24, 2.45) is 11.7 Å². The fourth-order valence-electron chi connectivity index (χ4n) is 2.02. The molecule has 0 unspecified atom stereocenters. The van der Waals surface area contributed by atoms with E-state index in [2.05, 4.69) is 33.5 Å². The summed E-state index contributed by atoms with van der Waals surface area (Å²) < 4.78 is 5.91. The first-order valence-corrected chi connectivity index (χ1v) is 10.8. The number of hydrogen-bond donors (Lipinski definition) is 2. The molecule has 1 aromatic rings.